The van der Waals surface area contributed by atoms with E-state index >= 15 is 0 Å². The van der Waals surface area contributed by atoms with Crippen LogP contribution in [0.5, 0.6) is 11.5 Å². The van der Waals surface area contributed by atoms with Crippen molar-refractivity contribution in [3.63, 3.8) is 0 Å². The number of carbonyl (C=O) groups excluding carboxylic acids is 1. The van der Waals surface area contributed by atoms with Crippen LogP contribution in [0, 0.1) is 0 Å². The lowest BCUT2D eigenvalue weighted by Gasteiger charge is -2.07. The molecule has 0 bridgehead atoms. The number of nitrogens with zero attached hydrogens (tertiary/aromatic N) is 2. The predicted octanol–water partition coefficient (Wildman–Crippen LogP) is 4.49. The molecule has 0 aliphatic heterocycles. The molecule has 0 atom stereocenters. The molecule has 0 fully saturated rings. The number of methoxy groups -OCH3 is 2. The second-order valence-corrected chi connectivity index (χ2v) is 7.00. The molecular weight excluding hydrogens is 420 g/mol. The fraction of sp³-hybridized carbons (Fsp3) is 0.167. The number of carbonyl (C=O) groups is 1. The molecule has 0 N–H and O–H groups in total. The van der Waals surface area contributed by atoms with Gasteiger partial charge in [-0.15, -0.1) is 10.2 Å². The first-order valence-electron chi connectivity index (χ1n) is 7.58. The van der Waals surface area contributed by atoms with Gasteiger partial charge < -0.3 is 13.9 Å². The van der Waals surface area contributed by atoms with Crippen molar-refractivity contribution < 1.29 is 18.7 Å². The third-order valence-electron chi connectivity index (χ3n) is 3.53. The summed E-state index contributed by atoms with van der Waals surface area (Å²) in [4.78, 5) is 12.2. The minimum absolute atomic E-state index is 0.00614. The third-order valence-corrected chi connectivity index (χ3v) is 4.88. The zero-order chi connectivity index (χ0) is 18.5. The van der Waals surface area contributed by atoms with Gasteiger partial charge in [-0.2, -0.15) is 0 Å². The number of benzene rings is 2. The molecule has 8 heteroatoms. The first-order valence-corrected chi connectivity index (χ1v) is 9.36. The van der Waals surface area contributed by atoms with E-state index in [4.69, 9.17) is 13.9 Å². The maximum absolute atomic E-state index is 12.2. The van der Waals surface area contributed by atoms with Crippen LogP contribution in [0.3, 0.4) is 0 Å². The molecule has 1 aromatic heterocycles. The number of aromatic nitrogens is 2. The molecule has 0 saturated heterocycles. The van der Waals surface area contributed by atoms with Gasteiger partial charge in [0, 0.05) is 15.6 Å². The van der Waals surface area contributed by atoms with Crippen LogP contribution >= 0.6 is 27.7 Å². The Bertz CT molecular complexity index is 912. The van der Waals surface area contributed by atoms with Crippen LogP contribution in [-0.4, -0.2) is 36.0 Å². The number of halogens is 1. The van der Waals surface area contributed by atoms with Gasteiger partial charge in [0.2, 0.25) is 5.89 Å². The molecule has 0 spiro atoms. The van der Waals surface area contributed by atoms with E-state index in [0.29, 0.717) is 33.7 Å². The second kappa shape index (κ2) is 8.37. The summed E-state index contributed by atoms with van der Waals surface area (Å²) in [6.07, 6.45) is 0. The predicted molar refractivity (Wildman–Crippen MR) is 102 cm³/mol. The molecule has 0 aliphatic rings. The van der Waals surface area contributed by atoms with E-state index in [9.17, 15) is 4.79 Å². The molecule has 0 aliphatic carbocycles. The zero-order valence-corrected chi connectivity index (χ0v) is 16.5. The molecule has 1 heterocycles. The Morgan fingerprint density at radius 3 is 2.50 bits per heavy atom. The standard InChI is InChI=1S/C18H15BrN2O4S/c1-23-15-8-5-12(9-16(15)24-2)17-20-21-18(25-17)26-10-14(22)11-3-6-13(19)7-4-11/h3-9H,10H2,1-2H3. The average Bonchev–Trinajstić information content (AvgIpc) is 3.15. The normalized spacial score (nSPS) is 10.6. The van der Waals surface area contributed by atoms with E-state index in [0.717, 1.165) is 4.47 Å². The molecule has 6 nitrogen and oxygen atoms in total. The van der Waals surface area contributed by atoms with E-state index < -0.39 is 0 Å². The molecule has 134 valence electrons. The van der Waals surface area contributed by atoms with Crippen LogP contribution in [0.4, 0.5) is 0 Å². The summed E-state index contributed by atoms with van der Waals surface area (Å²) in [6.45, 7) is 0. The van der Waals surface area contributed by atoms with Crippen molar-refractivity contribution in [2.24, 2.45) is 0 Å². The number of rotatable bonds is 7. The van der Waals surface area contributed by atoms with Gasteiger partial charge in [-0.1, -0.05) is 39.8 Å². The first kappa shape index (κ1) is 18.5. The minimum Gasteiger partial charge on any atom is -0.493 e. The highest BCUT2D eigenvalue weighted by Crippen LogP contribution is 2.32. The van der Waals surface area contributed by atoms with E-state index in [1.54, 1.807) is 44.6 Å². The van der Waals surface area contributed by atoms with Crippen LogP contribution < -0.4 is 9.47 Å². The van der Waals surface area contributed by atoms with Gasteiger partial charge in [-0.25, -0.2) is 0 Å². The Kier molecular flexibility index (Phi) is 5.95. The number of hydrogen-bond donors (Lipinski definition) is 0. The van der Waals surface area contributed by atoms with Crippen molar-refractivity contribution in [3.8, 4) is 23.0 Å². The van der Waals surface area contributed by atoms with Crippen LogP contribution in [-0.2, 0) is 0 Å². The summed E-state index contributed by atoms with van der Waals surface area (Å²) >= 11 is 4.55. The van der Waals surface area contributed by atoms with Gasteiger partial charge in [0.1, 0.15) is 0 Å². The molecule has 0 unspecified atom stereocenters. The Balaban J connectivity index is 1.68. The Labute approximate surface area is 163 Å². The van der Waals surface area contributed by atoms with E-state index in [1.807, 2.05) is 12.1 Å². The highest BCUT2D eigenvalue weighted by Gasteiger charge is 2.14. The van der Waals surface area contributed by atoms with Gasteiger partial charge in [-0.05, 0) is 30.3 Å². The van der Waals surface area contributed by atoms with E-state index in [2.05, 4.69) is 26.1 Å². The fourth-order valence-electron chi connectivity index (χ4n) is 2.20. The molecule has 3 rings (SSSR count). The first-order chi connectivity index (χ1) is 12.6. The van der Waals surface area contributed by atoms with Gasteiger partial charge in [0.25, 0.3) is 5.22 Å². The van der Waals surface area contributed by atoms with Crippen molar-refractivity contribution in [1.29, 1.82) is 0 Å². The molecule has 3 aromatic rings. The Hall–Kier alpha value is -2.32. The van der Waals surface area contributed by atoms with Gasteiger partial charge in [0.15, 0.2) is 17.3 Å². The quantitative estimate of drug-likeness (QED) is 0.400. The Morgan fingerprint density at radius 1 is 1.08 bits per heavy atom. The maximum Gasteiger partial charge on any atom is 0.277 e. The largest absolute Gasteiger partial charge is 0.493 e. The van der Waals surface area contributed by atoms with Gasteiger partial charge in [0.05, 0.1) is 20.0 Å². The highest BCUT2D eigenvalue weighted by molar-refractivity contribution is 9.10. The van der Waals surface area contributed by atoms with Crippen molar-refractivity contribution >= 4 is 33.5 Å². The van der Waals surface area contributed by atoms with E-state index in [1.165, 1.54) is 11.8 Å². The number of hydrogen-bond acceptors (Lipinski definition) is 7. The molecule has 26 heavy (non-hydrogen) atoms. The van der Waals surface area contributed by atoms with Crippen LogP contribution in [0.15, 0.2) is 56.6 Å². The van der Waals surface area contributed by atoms with Gasteiger partial charge in [-0.3, -0.25) is 4.79 Å². The lowest BCUT2D eigenvalue weighted by molar-refractivity contribution is 0.102. The number of thioether (sulfide) groups is 1. The maximum atomic E-state index is 12.2. The summed E-state index contributed by atoms with van der Waals surface area (Å²) in [5.41, 5.74) is 1.35. The highest BCUT2D eigenvalue weighted by atomic mass is 79.9. The molecule has 0 radical (unpaired) electrons. The van der Waals surface area contributed by atoms with E-state index in [-0.39, 0.29) is 11.5 Å². The summed E-state index contributed by atoms with van der Waals surface area (Å²) in [7, 11) is 3.13. The fourth-order valence-corrected chi connectivity index (χ4v) is 3.12. The van der Waals surface area contributed by atoms with Crippen LogP contribution in [0.2, 0.25) is 0 Å². The lowest BCUT2D eigenvalue weighted by atomic mass is 10.2. The summed E-state index contributed by atoms with van der Waals surface area (Å²) < 4.78 is 17.0. The average molecular weight is 435 g/mol. The SMILES string of the molecule is COc1ccc(-c2nnc(SCC(=O)c3ccc(Br)cc3)o2)cc1OC. The number of ketones is 1. The molecule has 0 saturated carbocycles. The molecule has 0 amide bonds. The lowest BCUT2D eigenvalue weighted by Crippen LogP contribution is -2.01. The second-order valence-electron chi connectivity index (χ2n) is 5.16. The summed E-state index contributed by atoms with van der Waals surface area (Å²) in [5, 5.41) is 8.35. The monoisotopic (exact) mass is 434 g/mol. The number of ether oxygens (including phenoxy) is 2. The molecular formula is C18H15BrN2O4S. The Morgan fingerprint density at radius 2 is 1.81 bits per heavy atom. The smallest absolute Gasteiger partial charge is 0.277 e. The van der Waals surface area contributed by atoms with Crippen LogP contribution in [0.1, 0.15) is 10.4 Å². The third kappa shape index (κ3) is 4.25. The topological polar surface area (TPSA) is 74.5 Å². The summed E-state index contributed by atoms with van der Waals surface area (Å²) in [5.74, 6) is 1.75. The summed E-state index contributed by atoms with van der Waals surface area (Å²) in [6, 6.07) is 12.5. The van der Waals surface area contributed by atoms with Gasteiger partial charge >= 0.3 is 0 Å². The van der Waals surface area contributed by atoms with Crippen molar-refractivity contribution in [1.82, 2.24) is 10.2 Å². The zero-order valence-electron chi connectivity index (χ0n) is 14.1. The minimum atomic E-state index is -0.00614. The van der Waals surface area contributed by atoms with Crippen molar-refractivity contribution in [2.45, 2.75) is 5.22 Å². The number of Topliss-reactive ketones (excluding diaryl/α,β-unsaturated/α-hetero) is 1. The molecule has 2 aromatic carbocycles. The van der Waals surface area contributed by atoms with Crippen molar-refractivity contribution in [2.75, 3.05) is 20.0 Å². The van der Waals surface area contributed by atoms with Crippen molar-refractivity contribution in [3.05, 3.63) is 52.5 Å². The van der Waals surface area contributed by atoms with Crippen LogP contribution in [0.25, 0.3) is 11.5 Å².